The second kappa shape index (κ2) is 5.86. The van der Waals surface area contributed by atoms with Gasteiger partial charge in [-0.3, -0.25) is 4.90 Å². The first-order valence-corrected chi connectivity index (χ1v) is 5.95. The first-order chi connectivity index (χ1) is 8.76. The maximum atomic E-state index is 11.9. The van der Waals surface area contributed by atoms with Gasteiger partial charge in [0.25, 0.3) is 0 Å². The van der Waals surface area contributed by atoms with Crippen molar-refractivity contribution in [1.82, 2.24) is 9.88 Å². The van der Waals surface area contributed by atoms with E-state index in [1.165, 1.54) is 17.2 Å². The summed E-state index contributed by atoms with van der Waals surface area (Å²) in [5, 5.41) is 8.88. The van der Waals surface area contributed by atoms with Crippen molar-refractivity contribution in [2.24, 2.45) is 0 Å². The minimum absolute atomic E-state index is 0. The summed E-state index contributed by atoms with van der Waals surface area (Å²) in [7, 11) is 0. The van der Waals surface area contributed by atoms with E-state index < -0.39 is 17.7 Å². The van der Waals surface area contributed by atoms with E-state index in [9.17, 15) is 9.59 Å². The number of carboxylic acid groups (broad SMARTS) is 1. The fourth-order valence-electron chi connectivity index (χ4n) is 1.85. The average Bonchev–Trinajstić information content (AvgIpc) is 2.68. The minimum atomic E-state index is -1.07. The molecule has 0 radical (unpaired) electrons. The number of nitrogens with zero attached hydrogens (tertiary/aromatic N) is 2. The van der Waals surface area contributed by atoms with Crippen LogP contribution in [0.3, 0.4) is 0 Å². The standard InChI is InChI=1S/C13H16N2O4.Li.H/c1-13(2,3)19-12(18)15-6-8-4-10(11(16)17)14-5-9(8)7-15;;/h4-5H,6-7H2,1-3H3,(H,16,17);;. The summed E-state index contributed by atoms with van der Waals surface area (Å²) in [6.07, 6.45) is 1.10. The van der Waals surface area contributed by atoms with E-state index in [0.29, 0.717) is 13.1 Å². The van der Waals surface area contributed by atoms with E-state index in [4.69, 9.17) is 9.84 Å². The van der Waals surface area contributed by atoms with Gasteiger partial charge in [-0.15, -0.1) is 0 Å². The average molecular weight is 272 g/mol. The quantitative estimate of drug-likeness (QED) is 0.781. The predicted octanol–water partition coefficient (Wildman–Crippen LogP) is 1.38. The van der Waals surface area contributed by atoms with Crippen molar-refractivity contribution < 1.29 is 19.4 Å². The van der Waals surface area contributed by atoms with Crippen LogP contribution in [0.1, 0.15) is 42.4 Å². The van der Waals surface area contributed by atoms with Gasteiger partial charge in [-0.1, -0.05) is 0 Å². The van der Waals surface area contributed by atoms with E-state index in [1.807, 2.05) is 0 Å². The molecule has 20 heavy (non-hydrogen) atoms. The van der Waals surface area contributed by atoms with Gasteiger partial charge in [0.2, 0.25) is 0 Å². The molecule has 0 spiro atoms. The van der Waals surface area contributed by atoms with Crippen LogP contribution in [-0.4, -0.2) is 51.5 Å². The molecule has 6 nitrogen and oxygen atoms in total. The molecule has 0 saturated heterocycles. The van der Waals surface area contributed by atoms with Crippen molar-refractivity contribution >= 4 is 30.9 Å². The van der Waals surface area contributed by atoms with Crippen LogP contribution in [0.15, 0.2) is 12.3 Å². The summed E-state index contributed by atoms with van der Waals surface area (Å²) in [6.45, 7) is 6.17. The van der Waals surface area contributed by atoms with Crippen LogP contribution < -0.4 is 0 Å². The molecular weight excluding hydrogens is 255 g/mol. The fraction of sp³-hybridized carbons (Fsp3) is 0.462. The number of carboxylic acids is 1. The number of hydrogen-bond donors (Lipinski definition) is 1. The van der Waals surface area contributed by atoms with Crippen molar-refractivity contribution in [2.75, 3.05) is 0 Å². The molecule has 0 saturated carbocycles. The van der Waals surface area contributed by atoms with Crippen LogP contribution in [0.5, 0.6) is 0 Å². The SMILES string of the molecule is CC(C)(C)OC(=O)N1Cc2cnc(C(=O)O)cc2C1.[LiH]. The Morgan fingerprint density at radius 1 is 1.30 bits per heavy atom. The first kappa shape index (κ1) is 16.5. The van der Waals surface area contributed by atoms with Crippen molar-refractivity contribution in [2.45, 2.75) is 39.5 Å². The topological polar surface area (TPSA) is 79.7 Å². The van der Waals surface area contributed by atoms with Gasteiger partial charge in [0.05, 0.1) is 6.54 Å². The van der Waals surface area contributed by atoms with Gasteiger partial charge in [0.15, 0.2) is 0 Å². The van der Waals surface area contributed by atoms with Gasteiger partial charge in [-0.25, -0.2) is 14.6 Å². The number of hydrogen-bond acceptors (Lipinski definition) is 4. The van der Waals surface area contributed by atoms with Gasteiger partial charge in [-0.2, -0.15) is 0 Å². The summed E-state index contributed by atoms with van der Waals surface area (Å²) >= 11 is 0. The van der Waals surface area contributed by atoms with E-state index in [-0.39, 0.29) is 24.6 Å². The molecule has 1 amide bonds. The Labute approximate surface area is 129 Å². The molecule has 0 aromatic carbocycles. The Morgan fingerprint density at radius 2 is 1.90 bits per heavy atom. The number of ether oxygens (including phenoxy) is 1. The van der Waals surface area contributed by atoms with Gasteiger partial charge < -0.3 is 9.84 Å². The van der Waals surface area contributed by atoms with Crippen molar-refractivity contribution in [1.29, 1.82) is 0 Å². The molecule has 1 N–H and O–H groups in total. The van der Waals surface area contributed by atoms with E-state index in [0.717, 1.165) is 11.1 Å². The zero-order valence-electron chi connectivity index (χ0n) is 11.1. The zero-order chi connectivity index (χ0) is 14.2. The van der Waals surface area contributed by atoms with Crippen LogP contribution in [0.4, 0.5) is 4.79 Å². The molecular formula is C13H17LiN2O4. The third-order valence-electron chi connectivity index (χ3n) is 2.68. The third-order valence-corrected chi connectivity index (χ3v) is 2.68. The van der Waals surface area contributed by atoms with Crippen molar-refractivity contribution in [3.63, 3.8) is 0 Å². The molecule has 7 heteroatoms. The third kappa shape index (κ3) is 3.75. The van der Waals surface area contributed by atoms with Crippen LogP contribution in [0.2, 0.25) is 0 Å². The number of aromatic nitrogens is 1. The summed E-state index contributed by atoms with van der Waals surface area (Å²) in [6, 6.07) is 1.50. The molecule has 0 atom stereocenters. The Kier molecular flexibility index (Phi) is 4.84. The molecule has 0 fully saturated rings. The molecule has 104 valence electrons. The second-order valence-corrected chi connectivity index (χ2v) is 5.48. The Hall–Kier alpha value is -1.51. The van der Waals surface area contributed by atoms with E-state index >= 15 is 0 Å². The number of rotatable bonds is 1. The summed E-state index contributed by atoms with van der Waals surface area (Å²) in [4.78, 5) is 28.1. The predicted molar refractivity (Wildman–Crippen MR) is 73.8 cm³/mol. The molecule has 1 aromatic rings. The number of fused-ring (bicyclic) bond motifs is 1. The number of amides is 1. The molecule has 0 bridgehead atoms. The molecule has 1 aliphatic rings. The van der Waals surface area contributed by atoms with E-state index in [2.05, 4.69) is 4.98 Å². The molecule has 0 unspecified atom stereocenters. The van der Waals surface area contributed by atoms with Crippen molar-refractivity contribution in [3.8, 4) is 0 Å². The zero-order valence-corrected chi connectivity index (χ0v) is 11.1. The van der Waals surface area contributed by atoms with Gasteiger partial charge in [0, 0.05) is 12.7 Å². The number of carbonyl (C=O) groups excluding carboxylic acids is 1. The summed E-state index contributed by atoms with van der Waals surface area (Å²) < 4.78 is 5.28. The second-order valence-electron chi connectivity index (χ2n) is 5.48. The summed E-state index contributed by atoms with van der Waals surface area (Å²) in [5.41, 5.74) is 1.11. The van der Waals surface area contributed by atoms with Crippen LogP contribution >= 0.6 is 0 Å². The van der Waals surface area contributed by atoms with Crippen LogP contribution in [0, 0.1) is 0 Å². The van der Waals surface area contributed by atoms with Crippen LogP contribution in [0.25, 0.3) is 0 Å². The van der Waals surface area contributed by atoms with Crippen molar-refractivity contribution in [3.05, 3.63) is 29.1 Å². The number of aromatic carboxylic acids is 1. The normalized spacial score (nSPS) is 13.4. The Balaban J connectivity index is 0.00000200. The molecule has 2 rings (SSSR count). The molecule has 1 aliphatic heterocycles. The Bertz CT molecular complexity index is 540. The number of carbonyl (C=O) groups is 2. The molecule has 0 aliphatic carbocycles. The molecule has 1 aromatic heterocycles. The summed E-state index contributed by atoms with van der Waals surface area (Å²) in [5.74, 6) is -1.07. The van der Waals surface area contributed by atoms with E-state index in [1.54, 1.807) is 20.8 Å². The fourth-order valence-corrected chi connectivity index (χ4v) is 1.85. The monoisotopic (exact) mass is 272 g/mol. The van der Waals surface area contributed by atoms with Gasteiger partial charge in [-0.05, 0) is 38.0 Å². The Morgan fingerprint density at radius 3 is 2.45 bits per heavy atom. The van der Waals surface area contributed by atoms with Gasteiger partial charge in [0.1, 0.15) is 11.3 Å². The maximum absolute atomic E-state index is 11.9. The number of pyridine rings is 1. The first-order valence-electron chi connectivity index (χ1n) is 5.95. The van der Waals surface area contributed by atoms with Crippen LogP contribution in [-0.2, 0) is 17.8 Å². The van der Waals surface area contributed by atoms with Gasteiger partial charge >= 0.3 is 30.9 Å². The molecule has 2 heterocycles.